The lowest BCUT2D eigenvalue weighted by atomic mass is 10.0. The van der Waals surface area contributed by atoms with Crippen LogP contribution in [0, 0.1) is 0 Å². The first kappa shape index (κ1) is 28.6. The smallest absolute Gasteiger partial charge is 0.231 e. The van der Waals surface area contributed by atoms with Gasteiger partial charge in [0.05, 0.1) is 6.54 Å². The number of likely N-dealkylation sites (N-methyl/N-ethyl adjacent to an activating group) is 1. The molecule has 3 nitrogen and oxygen atoms in total. The number of amides is 1. The highest BCUT2D eigenvalue weighted by molar-refractivity contribution is 5.75. The van der Waals surface area contributed by atoms with Crippen LogP contribution < -0.4 is 5.73 Å². The number of carbonyl (C=O) groups is 1. The van der Waals surface area contributed by atoms with Crippen molar-refractivity contribution in [2.75, 3.05) is 20.1 Å². The molecule has 0 aromatic rings. The molecule has 0 radical (unpaired) electrons. The van der Waals surface area contributed by atoms with Crippen molar-refractivity contribution >= 4 is 5.91 Å². The molecule has 0 aliphatic carbocycles. The second-order valence-corrected chi connectivity index (χ2v) is 8.15. The number of hydrogen-bond acceptors (Lipinski definition) is 2. The van der Waals surface area contributed by atoms with Gasteiger partial charge in [0.15, 0.2) is 0 Å². The molecule has 0 aliphatic heterocycles. The highest BCUT2D eigenvalue weighted by Crippen LogP contribution is 2.13. The van der Waals surface area contributed by atoms with Crippen molar-refractivity contribution in [1.82, 2.24) is 4.90 Å². The molecule has 0 saturated heterocycles. The van der Waals surface area contributed by atoms with Crippen LogP contribution in [0.15, 0.2) is 0 Å². The van der Waals surface area contributed by atoms with E-state index in [-0.39, 0.29) is 5.91 Å². The van der Waals surface area contributed by atoms with Crippen LogP contribution in [0.4, 0.5) is 0 Å². The van der Waals surface area contributed by atoms with E-state index in [1.807, 2.05) is 11.9 Å². The Hall–Kier alpha value is -0.570. The number of primary amides is 1. The lowest BCUT2D eigenvalue weighted by Crippen LogP contribution is -2.30. The van der Waals surface area contributed by atoms with Crippen LogP contribution in [0.3, 0.4) is 0 Å². The van der Waals surface area contributed by atoms with Crippen LogP contribution in [-0.2, 0) is 4.79 Å². The van der Waals surface area contributed by atoms with Crippen molar-refractivity contribution < 1.29 is 4.79 Å². The summed E-state index contributed by atoms with van der Waals surface area (Å²) < 4.78 is 0. The molecule has 0 saturated carbocycles. The van der Waals surface area contributed by atoms with Crippen LogP contribution in [0.25, 0.3) is 0 Å². The summed E-state index contributed by atoms with van der Waals surface area (Å²) in [6, 6.07) is 0. The van der Waals surface area contributed by atoms with Gasteiger partial charge in [0.25, 0.3) is 0 Å². The minimum Gasteiger partial charge on any atom is -0.369 e. The van der Waals surface area contributed by atoms with Crippen LogP contribution in [-0.4, -0.2) is 30.9 Å². The molecular weight excluding hydrogens is 332 g/mol. The molecule has 27 heavy (non-hydrogen) atoms. The van der Waals surface area contributed by atoms with Gasteiger partial charge in [0.1, 0.15) is 0 Å². The summed E-state index contributed by atoms with van der Waals surface area (Å²) in [7, 11) is 1.88. The Bertz CT molecular complexity index is 266. The molecule has 0 atom stereocenters. The van der Waals surface area contributed by atoms with E-state index in [0.29, 0.717) is 6.54 Å². The summed E-state index contributed by atoms with van der Waals surface area (Å²) in [5, 5.41) is 0. The quantitative estimate of drug-likeness (QED) is 0.242. The van der Waals surface area contributed by atoms with E-state index < -0.39 is 0 Å². The van der Waals surface area contributed by atoms with E-state index in [1.165, 1.54) is 103 Å². The maximum absolute atomic E-state index is 10.3. The molecule has 0 rings (SSSR count). The molecule has 1 amide bonds. The van der Waals surface area contributed by atoms with Crippen molar-refractivity contribution in [1.29, 1.82) is 0 Å². The molecular formula is C24H52N2O. The second kappa shape index (κ2) is 25.4. The standard InChI is InChI=1S/C18H38.C6H14N2O/c1-3-5-7-9-11-13-15-17-18-16-14-12-10-8-6-4-2;1-3-4-8(2)5-6(7)9/h3-18H2,1-2H3;3-5H2,1-2H3,(H2,7,9). The molecule has 0 aromatic heterocycles. The average molecular weight is 385 g/mol. The van der Waals surface area contributed by atoms with Crippen molar-refractivity contribution in [2.45, 2.75) is 130 Å². The Morgan fingerprint density at radius 3 is 1.11 bits per heavy atom. The average Bonchev–Trinajstić information content (AvgIpc) is 2.62. The minimum atomic E-state index is -0.258. The molecule has 0 aliphatic rings. The molecule has 0 unspecified atom stereocenters. The first-order valence-corrected chi connectivity index (χ1v) is 12.0. The van der Waals surface area contributed by atoms with Gasteiger partial charge in [-0.05, 0) is 20.0 Å². The lowest BCUT2D eigenvalue weighted by molar-refractivity contribution is -0.118. The Balaban J connectivity index is 0. The number of nitrogens with zero attached hydrogens (tertiary/aromatic N) is 1. The zero-order chi connectivity index (χ0) is 20.6. The Labute approximate surface area is 171 Å². The fourth-order valence-electron chi connectivity index (χ4n) is 3.35. The summed E-state index contributed by atoms with van der Waals surface area (Å²) in [4.78, 5) is 12.2. The first-order valence-electron chi connectivity index (χ1n) is 12.0. The largest absolute Gasteiger partial charge is 0.369 e. The van der Waals surface area contributed by atoms with Crippen LogP contribution in [0.2, 0.25) is 0 Å². The van der Waals surface area contributed by atoms with Crippen molar-refractivity contribution in [3.05, 3.63) is 0 Å². The third kappa shape index (κ3) is 30.4. The van der Waals surface area contributed by atoms with Gasteiger partial charge in [-0.3, -0.25) is 9.69 Å². The molecule has 0 spiro atoms. The predicted octanol–water partition coefficient (Wildman–Crippen LogP) is 7.08. The SMILES string of the molecule is CCCCCCCCCCCCCCCCCC.CCCN(C)CC(N)=O. The van der Waals surface area contributed by atoms with Crippen LogP contribution in [0.1, 0.15) is 130 Å². The number of rotatable bonds is 19. The van der Waals surface area contributed by atoms with Gasteiger partial charge in [-0.1, -0.05) is 124 Å². The molecule has 0 fully saturated rings. The molecule has 2 N–H and O–H groups in total. The number of nitrogens with two attached hydrogens (primary N) is 1. The molecule has 0 heterocycles. The second-order valence-electron chi connectivity index (χ2n) is 8.15. The maximum Gasteiger partial charge on any atom is 0.231 e. The topological polar surface area (TPSA) is 46.3 Å². The summed E-state index contributed by atoms with van der Waals surface area (Å²) in [6.07, 6.45) is 24.5. The molecule has 0 aromatic carbocycles. The van der Waals surface area contributed by atoms with Crippen LogP contribution >= 0.6 is 0 Å². The third-order valence-electron chi connectivity index (χ3n) is 4.99. The van der Waals surface area contributed by atoms with Gasteiger partial charge >= 0.3 is 0 Å². The van der Waals surface area contributed by atoms with Gasteiger partial charge in [0.2, 0.25) is 5.91 Å². The Kier molecular flexibility index (Phi) is 27.0. The van der Waals surface area contributed by atoms with E-state index in [9.17, 15) is 4.79 Å². The monoisotopic (exact) mass is 384 g/mol. The first-order chi connectivity index (χ1) is 13.1. The number of carbonyl (C=O) groups excluding carboxylic acids is 1. The van der Waals surface area contributed by atoms with E-state index >= 15 is 0 Å². The Morgan fingerprint density at radius 2 is 0.889 bits per heavy atom. The molecule has 3 heteroatoms. The summed E-state index contributed by atoms with van der Waals surface area (Å²) in [5.41, 5.74) is 4.94. The lowest BCUT2D eigenvalue weighted by Gasteiger charge is -2.11. The highest BCUT2D eigenvalue weighted by atomic mass is 16.1. The zero-order valence-electron chi connectivity index (χ0n) is 19.4. The van der Waals surface area contributed by atoms with E-state index in [0.717, 1.165) is 13.0 Å². The van der Waals surface area contributed by atoms with E-state index in [2.05, 4.69) is 20.8 Å². The Morgan fingerprint density at radius 1 is 0.593 bits per heavy atom. The van der Waals surface area contributed by atoms with Crippen molar-refractivity contribution in [3.8, 4) is 0 Å². The van der Waals surface area contributed by atoms with Gasteiger partial charge in [-0.2, -0.15) is 0 Å². The van der Waals surface area contributed by atoms with Crippen LogP contribution in [0.5, 0.6) is 0 Å². The summed E-state index contributed by atoms with van der Waals surface area (Å²) in [5.74, 6) is -0.258. The van der Waals surface area contributed by atoms with E-state index in [1.54, 1.807) is 0 Å². The van der Waals surface area contributed by atoms with Gasteiger partial charge < -0.3 is 5.73 Å². The fourth-order valence-corrected chi connectivity index (χ4v) is 3.35. The van der Waals surface area contributed by atoms with Crippen molar-refractivity contribution in [3.63, 3.8) is 0 Å². The molecule has 0 bridgehead atoms. The van der Waals surface area contributed by atoms with E-state index in [4.69, 9.17) is 5.73 Å². The van der Waals surface area contributed by atoms with Gasteiger partial charge in [0, 0.05) is 0 Å². The number of hydrogen-bond donors (Lipinski definition) is 1. The number of unbranched alkanes of at least 4 members (excludes halogenated alkanes) is 15. The molecule has 164 valence electrons. The summed E-state index contributed by atoms with van der Waals surface area (Å²) >= 11 is 0. The van der Waals surface area contributed by atoms with Gasteiger partial charge in [-0.15, -0.1) is 0 Å². The van der Waals surface area contributed by atoms with Gasteiger partial charge in [-0.25, -0.2) is 0 Å². The zero-order valence-corrected chi connectivity index (χ0v) is 19.4. The summed E-state index contributed by atoms with van der Waals surface area (Å²) in [6.45, 7) is 7.96. The fraction of sp³-hybridized carbons (Fsp3) is 0.958. The van der Waals surface area contributed by atoms with Crippen molar-refractivity contribution in [2.24, 2.45) is 5.73 Å². The minimum absolute atomic E-state index is 0.258. The highest BCUT2D eigenvalue weighted by Gasteiger charge is 1.98. The maximum atomic E-state index is 10.3. The normalized spacial score (nSPS) is 10.7. The predicted molar refractivity (Wildman–Crippen MR) is 122 cm³/mol. The third-order valence-corrected chi connectivity index (χ3v) is 4.99.